The molecule has 35 heavy (non-hydrogen) atoms. The van der Waals surface area contributed by atoms with Gasteiger partial charge in [0.2, 0.25) is 5.91 Å². The van der Waals surface area contributed by atoms with Gasteiger partial charge in [-0.1, -0.05) is 42.5 Å². The normalized spacial score (nSPS) is 11.2. The largest absolute Gasteiger partial charge is 0.383 e. The summed E-state index contributed by atoms with van der Waals surface area (Å²) in [5, 5.41) is 2.70. The number of nitrogens with one attached hydrogen (secondary N) is 1. The van der Waals surface area contributed by atoms with Gasteiger partial charge in [0, 0.05) is 20.2 Å². The number of hydrogen-bond donors (Lipinski definition) is 1. The Morgan fingerprint density at radius 1 is 1.09 bits per heavy atom. The average Bonchev–Trinajstić information content (AvgIpc) is 3.28. The number of hydrogen-bond acceptors (Lipinski definition) is 5. The summed E-state index contributed by atoms with van der Waals surface area (Å²) >= 11 is 0. The number of aryl methyl sites for hydroxylation is 1. The van der Waals surface area contributed by atoms with E-state index in [1.807, 2.05) is 30.3 Å². The molecule has 0 atom stereocenters. The summed E-state index contributed by atoms with van der Waals surface area (Å²) in [5.41, 5.74) is 1.26. The van der Waals surface area contributed by atoms with Gasteiger partial charge in [0.15, 0.2) is 11.2 Å². The van der Waals surface area contributed by atoms with Crippen molar-refractivity contribution in [3.8, 4) is 0 Å². The summed E-state index contributed by atoms with van der Waals surface area (Å²) in [7, 11) is 1.55. The summed E-state index contributed by atoms with van der Waals surface area (Å²) < 4.78 is 22.6. The molecule has 2 aromatic heterocycles. The topological polar surface area (TPSA) is 100 Å². The third kappa shape index (κ3) is 5.22. The molecule has 0 saturated heterocycles. The highest BCUT2D eigenvalue weighted by atomic mass is 19.1. The molecule has 0 aliphatic carbocycles. The Kier molecular flexibility index (Phi) is 7.21. The zero-order valence-electron chi connectivity index (χ0n) is 19.5. The van der Waals surface area contributed by atoms with Crippen molar-refractivity contribution in [2.45, 2.75) is 33.1 Å². The molecule has 2 heterocycles. The first kappa shape index (κ1) is 24.1. The molecule has 0 saturated carbocycles. The molecule has 0 fully saturated rings. The molecular formula is C25H26FN5O4. The Morgan fingerprint density at radius 2 is 1.86 bits per heavy atom. The van der Waals surface area contributed by atoms with Crippen LogP contribution in [0.5, 0.6) is 0 Å². The number of carbonyl (C=O) groups is 1. The van der Waals surface area contributed by atoms with Crippen molar-refractivity contribution in [1.29, 1.82) is 0 Å². The van der Waals surface area contributed by atoms with Gasteiger partial charge in [-0.05, 0) is 29.7 Å². The number of nitrogens with zero attached hydrogens (tertiary/aromatic N) is 4. The van der Waals surface area contributed by atoms with Crippen LogP contribution in [0.1, 0.15) is 16.7 Å². The van der Waals surface area contributed by atoms with Crippen LogP contribution in [0.2, 0.25) is 0 Å². The highest BCUT2D eigenvalue weighted by molar-refractivity contribution is 5.76. The van der Waals surface area contributed by atoms with Gasteiger partial charge in [-0.15, -0.1) is 0 Å². The summed E-state index contributed by atoms with van der Waals surface area (Å²) in [6.45, 7) is 2.21. The monoisotopic (exact) mass is 479 g/mol. The van der Waals surface area contributed by atoms with Crippen LogP contribution >= 0.6 is 0 Å². The second kappa shape index (κ2) is 10.5. The Morgan fingerprint density at radius 3 is 2.57 bits per heavy atom. The molecule has 0 spiro atoms. The van der Waals surface area contributed by atoms with Crippen LogP contribution < -0.4 is 16.6 Å². The van der Waals surface area contributed by atoms with E-state index in [1.54, 1.807) is 30.7 Å². The number of rotatable bonds is 9. The van der Waals surface area contributed by atoms with Crippen LogP contribution in [0.25, 0.3) is 11.2 Å². The molecule has 4 rings (SSSR count). The predicted molar refractivity (Wildman–Crippen MR) is 129 cm³/mol. The number of amides is 1. The van der Waals surface area contributed by atoms with Gasteiger partial charge >= 0.3 is 5.69 Å². The van der Waals surface area contributed by atoms with E-state index in [1.165, 1.54) is 17.0 Å². The molecule has 4 aromatic rings. The minimum atomic E-state index is -0.629. The van der Waals surface area contributed by atoms with E-state index in [4.69, 9.17) is 4.74 Å². The van der Waals surface area contributed by atoms with Gasteiger partial charge in [0.05, 0.1) is 19.5 Å². The summed E-state index contributed by atoms with van der Waals surface area (Å²) in [5.74, 6) is -0.844. The van der Waals surface area contributed by atoms with E-state index in [9.17, 15) is 18.8 Å². The van der Waals surface area contributed by atoms with E-state index >= 15 is 0 Å². The lowest BCUT2D eigenvalue weighted by Crippen LogP contribution is -2.44. The van der Waals surface area contributed by atoms with E-state index < -0.39 is 23.7 Å². The second-order valence-electron chi connectivity index (χ2n) is 8.21. The third-order valence-electron chi connectivity index (χ3n) is 5.72. The minimum Gasteiger partial charge on any atom is -0.383 e. The van der Waals surface area contributed by atoms with Crippen molar-refractivity contribution >= 4 is 17.1 Å². The summed E-state index contributed by atoms with van der Waals surface area (Å²) in [6.07, 6.45) is 1.49. The van der Waals surface area contributed by atoms with E-state index in [0.717, 1.165) is 10.1 Å². The van der Waals surface area contributed by atoms with Crippen molar-refractivity contribution in [3.63, 3.8) is 0 Å². The fraction of sp³-hybridized carbons (Fsp3) is 0.280. The molecule has 0 radical (unpaired) electrons. The lowest BCUT2D eigenvalue weighted by molar-refractivity contribution is -0.121. The van der Waals surface area contributed by atoms with Gasteiger partial charge in [0.1, 0.15) is 12.4 Å². The molecule has 10 heteroatoms. The van der Waals surface area contributed by atoms with E-state index in [-0.39, 0.29) is 30.1 Å². The van der Waals surface area contributed by atoms with Gasteiger partial charge in [0.25, 0.3) is 5.56 Å². The molecular weight excluding hydrogens is 453 g/mol. The standard InChI is InChI=1S/C25H26FN5O4/c1-17-12-19(8-9-20(17)26)13-27-21(32)15-31-24(33)22-23(28-16-29(22)10-11-35-2)30(25(31)34)14-18-6-4-3-5-7-18/h3-9,12,16H,10-11,13-15H2,1-2H3,(H,27,32). The number of halogens is 1. The van der Waals surface area contributed by atoms with Crippen LogP contribution in [0.3, 0.4) is 0 Å². The number of aromatic nitrogens is 4. The van der Waals surface area contributed by atoms with Crippen molar-refractivity contribution in [2.24, 2.45) is 0 Å². The SMILES string of the molecule is COCCn1cnc2c1c(=O)n(CC(=O)NCc1ccc(F)c(C)c1)c(=O)n2Cc1ccccc1. The molecule has 1 N–H and O–H groups in total. The first-order chi connectivity index (χ1) is 16.9. The van der Waals surface area contributed by atoms with Crippen molar-refractivity contribution < 1.29 is 13.9 Å². The maximum absolute atomic E-state index is 13.5. The molecule has 2 aromatic carbocycles. The van der Waals surface area contributed by atoms with Crippen molar-refractivity contribution in [2.75, 3.05) is 13.7 Å². The molecule has 9 nitrogen and oxygen atoms in total. The van der Waals surface area contributed by atoms with Crippen LogP contribution in [0.4, 0.5) is 4.39 Å². The summed E-state index contributed by atoms with van der Waals surface area (Å²) in [6, 6.07) is 13.9. The van der Waals surface area contributed by atoms with E-state index in [0.29, 0.717) is 24.3 Å². The van der Waals surface area contributed by atoms with Crippen molar-refractivity contribution in [1.82, 2.24) is 24.0 Å². The van der Waals surface area contributed by atoms with Crippen LogP contribution in [-0.4, -0.2) is 38.3 Å². The Hall–Kier alpha value is -4.05. The molecule has 0 bridgehead atoms. The predicted octanol–water partition coefficient (Wildman–Crippen LogP) is 1.82. The fourth-order valence-corrected chi connectivity index (χ4v) is 3.86. The molecule has 0 aliphatic rings. The van der Waals surface area contributed by atoms with Gasteiger partial charge in [-0.2, -0.15) is 0 Å². The number of ether oxygens (including phenoxy) is 1. The highest BCUT2D eigenvalue weighted by Gasteiger charge is 2.20. The Balaban J connectivity index is 1.68. The number of imidazole rings is 1. The zero-order valence-corrected chi connectivity index (χ0v) is 19.5. The zero-order chi connectivity index (χ0) is 24.9. The fourth-order valence-electron chi connectivity index (χ4n) is 3.86. The third-order valence-corrected chi connectivity index (χ3v) is 5.72. The van der Waals surface area contributed by atoms with E-state index in [2.05, 4.69) is 10.3 Å². The maximum Gasteiger partial charge on any atom is 0.333 e. The second-order valence-corrected chi connectivity index (χ2v) is 8.21. The van der Waals surface area contributed by atoms with Crippen LogP contribution in [0.15, 0.2) is 64.4 Å². The number of methoxy groups -OCH3 is 1. The minimum absolute atomic E-state index is 0.140. The van der Waals surface area contributed by atoms with Gasteiger partial charge < -0.3 is 14.6 Å². The summed E-state index contributed by atoms with van der Waals surface area (Å²) in [4.78, 5) is 43.7. The molecule has 0 unspecified atom stereocenters. The van der Waals surface area contributed by atoms with Crippen molar-refractivity contribution in [3.05, 3.63) is 98.2 Å². The number of carbonyl (C=O) groups excluding carboxylic acids is 1. The highest BCUT2D eigenvalue weighted by Crippen LogP contribution is 2.11. The first-order valence-corrected chi connectivity index (χ1v) is 11.1. The maximum atomic E-state index is 13.5. The number of fused-ring (bicyclic) bond motifs is 1. The molecule has 182 valence electrons. The van der Waals surface area contributed by atoms with Gasteiger partial charge in [-0.25, -0.2) is 18.7 Å². The quantitative estimate of drug-likeness (QED) is 0.395. The smallest absolute Gasteiger partial charge is 0.333 e. The average molecular weight is 480 g/mol. The lowest BCUT2D eigenvalue weighted by atomic mass is 10.1. The Bertz CT molecular complexity index is 1470. The first-order valence-electron chi connectivity index (χ1n) is 11.1. The lowest BCUT2D eigenvalue weighted by Gasteiger charge is -2.13. The number of benzene rings is 2. The molecule has 0 aliphatic heterocycles. The van der Waals surface area contributed by atoms with Crippen LogP contribution in [0, 0.1) is 12.7 Å². The van der Waals surface area contributed by atoms with Crippen LogP contribution in [-0.2, 0) is 35.7 Å². The van der Waals surface area contributed by atoms with Gasteiger partial charge in [-0.3, -0.25) is 14.2 Å². The Labute approximate surface area is 200 Å². The molecule has 1 amide bonds.